The highest BCUT2D eigenvalue weighted by Gasteiger charge is 2.24. The largest absolute Gasteiger partial charge is 0.508 e. The van der Waals surface area contributed by atoms with E-state index in [2.05, 4.69) is 31.2 Å². The van der Waals surface area contributed by atoms with Gasteiger partial charge in [0.15, 0.2) is 0 Å². The Bertz CT molecular complexity index is 852. The summed E-state index contributed by atoms with van der Waals surface area (Å²) in [4.78, 5) is 15.3. The predicted octanol–water partition coefficient (Wildman–Crippen LogP) is 4.05. The van der Waals surface area contributed by atoms with Crippen molar-refractivity contribution in [3.8, 4) is 5.75 Å². The smallest absolute Gasteiger partial charge is 0.150 e. The Morgan fingerprint density at radius 3 is 2.59 bits per heavy atom. The summed E-state index contributed by atoms with van der Waals surface area (Å²) in [5.74, 6) is 1.76. The van der Waals surface area contributed by atoms with Gasteiger partial charge in [0.1, 0.15) is 17.4 Å². The average molecular weight is 361 g/mol. The Labute approximate surface area is 158 Å². The first-order valence-electron chi connectivity index (χ1n) is 9.29. The van der Waals surface area contributed by atoms with E-state index in [0.717, 1.165) is 25.3 Å². The number of nitrogens with one attached hydrogen (secondary N) is 1. The normalized spacial score (nSPS) is 17.6. The van der Waals surface area contributed by atoms with Crippen LogP contribution in [0.1, 0.15) is 36.4 Å². The van der Waals surface area contributed by atoms with Gasteiger partial charge in [0.25, 0.3) is 0 Å². The molecule has 0 bridgehead atoms. The van der Waals surface area contributed by atoms with Crippen LogP contribution in [0.2, 0.25) is 0 Å². The predicted molar refractivity (Wildman–Crippen MR) is 105 cm³/mol. The first-order valence-corrected chi connectivity index (χ1v) is 9.29. The van der Waals surface area contributed by atoms with Crippen molar-refractivity contribution >= 4 is 11.6 Å². The molecule has 6 nitrogen and oxygen atoms in total. The zero-order valence-electron chi connectivity index (χ0n) is 15.1. The third kappa shape index (κ3) is 4.41. The van der Waals surface area contributed by atoms with Gasteiger partial charge in [-0.1, -0.05) is 24.6 Å². The lowest BCUT2D eigenvalue weighted by Gasteiger charge is -2.36. The molecule has 138 valence electrons. The number of aromatic hydroxyl groups is 1. The van der Waals surface area contributed by atoms with Crippen molar-refractivity contribution in [3.05, 3.63) is 72.3 Å². The summed E-state index contributed by atoms with van der Waals surface area (Å²) in [5.41, 5.74) is 2.45. The van der Waals surface area contributed by atoms with Crippen molar-refractivity contribution in [1.29, 1.82) is 0 Å². The Kier molecular flexibility index (Phi) is 5.25. The van der Waals surface area contributed by atoms with Gasteiger partial charge in [-0.15, -0.1) is 0 Å². The quantitative estimate of drug-likeness (QED) is 0.714. The van der Waals surface area contributed by atoms with Gasteiger partial charge in [-0.3, -0.25) is 9.88 Å². The van der Waals surface area contributed by atoms with E-state index in [1.165, 1.54) is 24.0 Å². The second-order valence-corrected chi connectivity index (χ2v) is 6.84. The monoisotopic (exact) mass is 361 g/mol. The molecule has 1 aliphatic heterocycles. The molecule has 1 saturated heterocycles. The van der Waals surface area contributed by atoms with Crippen LogP contribution in [-0.2, 0) is 6.54 Å². The number of rotatable bonds is 5. The van der Waals surface area contributed by atoms with E-state index in [0.29, 0.717) is 17.6 Å². The molecule has 3 aromatic rings. The zero-order valence-corrected chi connectivity index (χ0v) is 15.1. The van der Waals surface area contributed by atoms with Crippen LogP contribution in [-0.4, -0.2) is 31.5 Å². The number of phenols is 1. The molecular weight excluding hydrogens is 338 g/mol. The maximum Gasteiger partial charge on any atom is 0.150 e. The minimum Gasteiger partial charge on any atom is -0.508 e. The standard InChI is InChI=1S/C21H23N5O/c27-18-7-4-16(5-8-18)15-26-12-2-1-3-19(26)17-6-9-20(24-13-17)25-21-14-22-10-11-23-21/h4-11,13-14,19,27H,1-3,12,15H2,(H,23,24,25)/t19-/m1/s1. The van der Waals surface area contributed by atoms with E-state index in [1.54, 1.807) is 30.7 Å². The van der Waals surface area contributed by atoms with Gasteiger partial charge in [0, 0.05) is 31.2 Å². The van der Waals surface area contributed by atoms with E-state index in [-0.39, 0.29) is 0 Å². The third-order valence-corrected chi connectivity index (χ3v) is 4.93. The molecule has 1 aliphatic rings. The van der Waals surface area contributed by atoms with Gasteiger partial charge in [-0.05, 0) is 48.7 Å². The summed E-state index contributed by atoms with van der Waals surface area (Å²) in [6.45, 7) is 1.95. The summed E-state index contributed by atoms with van der Waals surface area (Å²) >= 11 is 0. The number of hydrogen-bond acceptors (Lipinski definition) is 6. The van der Waals surface area contributed by atoms with Gasteiger partial charge in [0.05, 0.1) is 6.20 Å². The number of piperidine rings is 1. The Hall–Kier alpha value is -2.99. The van der Waals surface area contributed by atoms with E-state index < -0.39 is 0 Å². The maximum absolute atomic E-state index is 9.49. The van der Waals surface area contributed by atoms with Crippen LogP contribution in [0.4, 0.5) is 11.6 Å². The van der Waals surface area contributed by atoms with E-state index >= 15 is 0 Å². The number of nitrogens with zero attached hydrogens (tertiary/aromatic N) is 4. The van der Waals surface area contributed by atoms with Crippen molar-refractivity contribution in [3.63, 3.8) is 0 Å². The van der Waals surface area contributed by atoms with Crippen LogP contribution in [0.3, 0.4) is 0 Å². The van der Waals surface area contributed by atoms with Crippen molar-refractivity contribution in [2.24, 2.45) is 0 Å². The summed E-state index contributed by atoms with van der Waals surface area (Å²) in [6, 6.07) is 12.0. The molecule has 0 radical (unpaired) electrons. The molecular formula is C21H23N5O. The summed E-state index contributed by atoms with van der Waals surface area (Å²) in [5, 5.41) is 12.7. The van der Waals surface area contributed by atoms with Crippen LogP contribution >= 0.6 is 0 Å². The molecule has 6 heteroatoms. The van der Waals surface area contributed by atoms with Crippen molar-refractivity contribution in [2.75, 3.05) is 11.9 Å². The molecule has 4 rings (SSSR count). The average Bonchev–Trinajstić information content (AvgIpc) is 2.72. The lowest BCUT2D eigenvalue weighted by Crippen LogP contribution is -2.33. The van der Waals surface area contributed by atoms with Crippen LogP contribution in [0, 0.1) is 0 Å². The first kappa shape index (κ1) is 17.4. The topological polar surface area (TPSA) is 74.2 Å². The molecule has 0 saturated carbocycles. The van der Waals surface area contributed by atoms with Crippen molar-refractivity contribution < 1.29 is 5.11 Å². The molecule has 3 heterocycles. The fraction of sp³-hybridized carbons (Fsp3) is 0.286. The van der Waals surface area contributed by atoms with Crippen LogP contribution in [0.15, 0.2) is 61.2 Å². The number of likely N-dealkylation sites (tertiary alicyclic amines) is 1. The number of benzene rings is 1. The molecule has 1 atom stereocenters. The van der Waals surface area contributed by atoms with Gasteiger partial charge in [-0.2, -0.15) is 0 Å². The van der Waals surface area contributed by atoms with Gasteiger partial charge in [0.2, 0.25) is 0 Å². The minimum atomic E-state index is 0.310. The summed E-state index contributed by atoms with van der Waals surface area (Å²) in [6.07, 6.45) is 10.5. The van der Waals surface area contributed by atoms with Gasteiger partial charge in [-0.25, -0.2) is 9.97 Å². The van der Waals surface area contributed by atoms with Crippen molar-refractivity contribution in [1.82, 2.24) is 19.9 Å². The third-order valence-electron chi connectivity index (χ3n) is 4.93. The highest BCUT2D eigenvalue weighted by Crippen LogP contribution is 2.32. The Morgan fingerprint density at radius 2 is 1.85 bits per heavy atom. The number of pyridine rings is 1. The maximum atomic E-state index is 9.49. The fourth-order valence-corrected chi connectivity index (χ4v) is 3.56. The summed E-state index contributed by atoms with van der Waals surface area (Å²) in [7, 11) is 0. The molecule has 0 amide bonds. The SMILES string of the molecule is Oc1ccc(CN2CCCC[C@@H]2c2ccc(Nc3cnccn3)nc2)cc1. The van der Waals surface area contributed by atoms with E-state index in [4.69, 9.17) is 0 Å². The molecule has 1 fully saturated rings. The Morgan fingerprint density at radius 1 is 0.963 bits per heavy atom. The molecule has 0 spiro atoms. The van der Waals surface area contributed by atoms with Crippen LogP contribution < -0.4 is 5.32 Å². The molecule has 2 N–H and O–H groups in total. The highest BCUT2D eigenvalue weighted by molar-refractivity contribution is 5.50. The molecule has 2 aromatic heterocycles. The fourth-order valence-electron chi connectivity index (χ4n) is 3.56. The minimum absolute atomic E-state index is 0.310. The molecule has 0 aliphatic carbocycles. The molecule has 27 heavy (non-hydrogen) atoms. The lowest BCUT2D eigenvalue weighted by atomic mass is 9.95. The number of aromatic nitrogens is 3. The Balaban J connectivity index is 1.47. The van der Waals surface area contributed by atoms with Gasteiger partial charge >= 0.3 is 0 Å². The molecule has 0 unspecified atom stereocenters. The second-order valence-electron chi connectivity index (χ2n) is 6.84. The number of hydrogen-bond donors (Lipinski definition) is 2. The van der Waals surface area contributed by atoms with Crippen LogP contribution in [0.5, 0.6) is 5.75 Å². The number of anilines is 2. The lowest BCUT2D eigenvalue weighted by molar-refractivity contribution is 0.140. The van der Waals surface area contributed by atoms with Crippen molar-refractivity contribution in [2.45, 2.75) is 31.8 Å². The first-order chi connectivity index (χ1) is 13.3. The van der Waals surface area contributed by atoms with E-state index in [1.807, 2.05) is 24.4 Å². The van der Waals surface area contributed by atoms with Crippen LogP contribution in [0.25, 0.3) is 0 Å². The second kappa shape index (κ2) is 8.14. The zero-order chi connectivity index (χ0) is 18.5. The summed E-state index contributed by atoms with van der Waals surface area (Å²) < 4.78 is 0. The molecule has 1 aromatic carbocycles. The number of phenolic OH excluding ortho intramolecular Hbond substituents is 1. The highest BCUT2D eigenvalue weighted by atomic mass is 16.3. The van der Waals surface area contributed by atoms with Gasteiger partial charge < -0.3 is 10.4 Å². The van der Waals surface area contributed by atoms with E-state index in [9.17, 15) is 5.11 Å².